The van der Waals surface area contributed by atoms with Crippen molar-refractivity contribution in [2.45, 2.75) is 34.6 Å². The van der Waals surface area contributed by atoms with Crippen molar-refractivity contribution in [2.24, 2.45) is 5.41 Å². The minimum Gasteiger partial charge on any atom is -0.482 e. The fourth-order valence-electron chi connectivity index (χ4n) is 2.43. The molecule has 1 N–H and O–H groups in total. The Morgan fingerprint density at radius 3 is 2.17 bits per heavy atom. The summed E-state index contributed by atoms with van der Waals surface area (Å²) in [6.07, 6.45) is 0. The van der Waals surface area contributed by atoms with E-state index in [2.05, 4.69) is 5.32 Å². The lowest BCUT2D eigenvalue weighted by molar-refractivity contribution is -0.144. The second-order valence-corrected chi connectivity index (χ2v) is 7.92. The molecule has 2 aromatic rings. The Morgan fingerprint density at radius 2 is 1.59 bits per heavy atom. The fraction of sp³-hybridized carbons (Fsp3) is 0.348. The Hall–Kier alpha value is -3.15. The molecule has 0 heterocycles. The minimum atomic E-state index is -0.618. The zero-order valence-electron chi connectivity index (χ0n) is 17.5. The molecule has 2 aromatic carbocycles. The molecule has 29 heavy (non-hydrogen) atoms. The molecule has 0 fully saturated rings. The molecule has 1 amide bonds. The zero-order valence-corrected chi connectivity index (χ0v) is 17.5. The highest BCUT2D eigenvalue weighted by Crippen LogP contribution is 2.19. The van der Waals surface area contributed by atoms with Crippen LogP contribution in [0.3, 0.4) is 0 Å². The summed E-state index contributed by atoms with van der Waals surface area (Å²) in [7, 11) is 0. The van der Waals surface area contributed by atoms with E-state index in [0.29, 0.717) is 17.0 Å². The maximum atomic E-state index is 12.2. The molecule has 0 aliphatic heterocycles. The number of carbonyl (C=O) groups excluding carboxylic acids is 3. The normalized spacial score (nSPS) is 10.9. The number of aryl methyl sites for hydroxylation is 2. The lowest BCUT2D eigenvalue weighted by Gasteiger charge is -2.17. The minimum absolute atomic E-state index is 0.116. The predicted octanol–water partition coefficient (Wildman–Crippen LogP) is 4.09. The van der Waals surface area contributed by atoms with Crippen molar-refractivity contribution < 1.29 is 23.9 Å². The van der Waals surface area contributed by atoms with Crippen molar-refractivity contribution in [3.63, 3.8) is 0 Å². The van der Waals surface area contributed by atoms with Crippen LogP contribution < -0.4 is 10.1 Å². The maximum absolute atomic E-state index is 12.2. The number of ketones is 1. The highest BCUT2D eigenvalue weighted by atomic mass is 16.6. The Labute approximate surface area is 171 Å². The summed E-state index contributed by atoms with van der Waals surface area (Å²) in [5, 5.41) is 2.79. The molecule has 2 rings (SSSR count). The van der Waals surface area contributed by atoms with Crippen LogP contribution in [-0.2, 0) is 14.3 Å². The van der Waals surface area contributed by atoms with Crippen LogP contribution >= 0.6 is 0 Å². The molecule has 0 atom stereocenters. The Bertz CT molecular complexity index is 894. The van der Waals surface area contributed by atoms with Gasteiger partial charge < -0.3 is 14.8 Å². The number of hydrogen-bond donors (Lipinski definition) is 1. The third-order valence-corrected chi connectivity index (χ3v) is 4.19. The molecule has 0 radical (unpaired) electrons. The van der Waals surface area contributed by atoms with E-state index in [1.54, 1.807) is 30.3 Å². The van der Waals surface area contributed by atoms with Gasteiger partial charge in [-0.1, -0.05) is 38.5 Å². The monoisotopic (exact) mass is 397 g/mol. The molecule has 0 aliphatic carbocycles. The summed E-state index contributed by atoms with van der Waals surface area (Å²) < 4.78 is 10.4. The van der Waals surface area contributed by atoms with Gasteiger partial charge in [-0.15, -0.1) is 0 Å². The number of rotatable bonds is 7. The van der Waals surface area contributed by atoms with Gasteiger partial charge in [-0.25, -0.2) is 4.79 Å². The molecule has 0 aromatic heterocycles. The Morgan fingerprint density at radius 1 is 0.931 bits per heavy atom. The third-order valence-electron chi connectivity index (χ3n) is 4.19. The predicted molar refractivity (Wildman–Crippen MR) is 111 cm³/mol. The van der Waals surface area contributed by atoms with Crippen LogP contribution in [0.4, 0.5) is 5.69 Å². The number of anilines is 1. The zero-order chi connectivity index (χ0) is 21.6. The van der Waals surface area contributed by atoms with Gasteiger partial charge in [0.1, 0.15) is 5.75 Å². The summed E-state index contributed by atoms with van der Waals surface area (Å²) in [5.41, 5.74) is 2.50. The van der Waals surface area contributed by atoms with E-state index in [-0.39, 0.29) is 24.9 Å². The number of ether oxygens (including phenoxy) is 2. The van der Waals surface area contributed by atoms with E-state index >= 15 is 0 Å². The van der Waals surface area contributed by atoms with E-state index in [9.17, 15) is 14.4 Å². The van der Waals surface area contributed by atoms with E-state index < -0.39 is 11.4 Å². The second-order valence-electron chi connectivity index (χ2n) is 7.92. The van der Waals surface area contributed by atoms with Gasteiger partial charge in [-0.05, 0) is 49.7 Å². The van der Waals surface area contributed by atoms with Crippen molar-refractivity contribution in [1.82, 2.24) is 0 Å². The smallest absolute Gasteiger partial charge is 0.344 e. The number of benzene rings is 2. The number of nitrogens with one attached hydrogen (secondary N) is 1. The van der Waals surface area contributed by atoms with E-state index in [1.807, 2.05) is 46.8 Å². The van der Waals surface area contributed by atoms with Crippen molar-refractivity contribution in [3.8, 4) is 5.75 Å². The summed E-state index contributed by atoms with van der Waals surface area (Å²) >= 11 is 0. The van der Waals surface area contributed by atoms with Gasteiger partial charge in [0.2, 0.25) is 5.91 Å². The van der Waals surface area contributed by atoms with Crippen LogP contribution in [0, 0.1) is 19.3 Å². The Balaban J connectivity index is 1.82. The molecule has 0 bridgehead atoms. The first-order valence-electron chi connectivity index (χ1n) is 9.36. The second kappa shape index (κ2) is 9.37. The van der Waals surface area contributed by atoms with Crippen molar-refractivity contribution in [1.29, 1.82) is 0 Å². The standard InChI is InChI=1S/C23H27NO5/c1-15-6-11-20(16(2)12-15)28-14-21(26)29-13-19(25)17-7-9-18(10-8-17)24-22(27)23(3,4)5/h6-12H,13-14H2,1-5H3,(H,24,27). The summed E-state index contributed by atoms with van der Waals surface area (Å²) in [6, 6.07) is 12.1. The molecular weight excluding hydrogens is 370 g/mol. The van der Waals surface area contributed by atoms with E-state index in [1.165, 1.54) is 0 Å². The summed E-state index contributed by atoms with van der Waals surface area (Å²) in [6.45, 7) is 8.68. The van der Waals surface area contributed by atoms with Gasteiger partial charge in [0.15, 0.2) is 19.0 Å². The van der Waals surface area contributed by atoms with Gasteiger partial charge >= 0.3 is 5.97 Å². The number of carbonyl (C=O) groups is 3. The van der Waals surface area contributed by atoms with Crippen LogP contribution in [0.25, 0.3) is 0 Å². The molecule has 6 nitrogen and oxygen atoms in total. The first-order chi connectivity index (χ1) is 13.6. The number of amides is 1. The summed E-state index contributed by atoms with van der Waals surface area (Å²) in [5.74, 6) is -0.466. The van der Waals surface area contributed by atoms with Gasteiger partial charge in [0.05, 0.1) is 0 Å². The molecule has 6 heteroatoms. The number of Topliss-reactive ketones (excluding diaryl/α,β-unsaturated/α-hetero) is 1. The number of esters is 1. The van der Waals surface area contributed by atoms with Crippen molar-refractivity contribution in [2.75, 3.05) is 18.5 Å². The topological polar surface area (TPSA) is 81.7 Å². The molecule has 0 spiro atoms. The van der Waals surface area contributed by atoms with Crippen LogP contribution in [-0.4, -0.2) is 30.9 Å². The quantitative estimate of drug-likeness (QED) is 0.562. The van der Waals surface area contributed by atoms with Gasteiger partial charge in [-0.3, -0.25) is 9.59 Å². The largest absolute Gasteiger partial charge is 0.482 e. The van der Waals surface area contributed by atoms with Crippen LogP contribution in [0.15, 0.2) is 42.5 Å². The lowest BCUT2D eigenvalue weighted by Crippen LogP contribution is -2.27. The molecular formula is C23H27NO5. The molecule has 0 unspecified atom stereocenters. The highest BCUT2D eigenvalue weighted by molar-refractivity contribution is 5.99. The van der Waals surface area contributed by atoms with Crippen LogP contribution in [0.5, 0.6) is 5.75 Å². The highest BCUT2D eigenvalue weighted by Gasteiger charge is 2.21. The first kappa shape index (κ1) is 22.1. The van der Waals surface area contributed by atoms with Crippen LogP contribution in [0.1, 0.15) is 42.3 Å². The molecule has 0 saturated carbocycles. The average molecular weight is 397 g/mol. The van der Waals surface area contributed by atoms with Crippen molar-refractivity contribution >= 4 is 23.3 Å². The third kappa shape index (κ3) is 6.75. The van der Waals surface area contributed by atoms with Gasteiger partial charge in [0.25, 0.3) is 0 Å². The van der Waals surface area contributed by atoms with E-state index in [4.69, 9.17) is 9.47 Å². The molecule has 0 aliphatic rings. The number of hydrogen-bond acceptors (Lipinski definition) is 5. The van der Waals surface area contributed by atoms with Crippen molar-refractivity contribution in [3.05, 3.63) is 59.2 Å². The molecule has 0 saturated heterocycles. The SMILES string of the molecule is Cc1ccc(OCC(=O)OCC(=O)c2ccc(NC(=O)C(C)(C)C)cc2)c(C)c1. The fourth-order valence-corrected chi connectivity index (χ4v) is 2.43. The van der Waals surface area contributed by atoms with Gasteiger partial charge in [0, 0.05) is 16.7 Å². The lowest BCUT2D eigenvalue weighted by atomic mass is 9.95. The van der Waals surface area contributed by atoms with E-state index in [0.717, 1.165) is 11.1 Å². The summed E-state index contributed by atoms with van der Waals surface area (Å²) in [4.78, 5) is 36.0. The molecule has 154 valence electrons. The first-order valence-corrected chi connectivity index (χ1v) is 9.36. The maximum Gasteiger partial charge on any atom is 0.344 e. The van der Waals surface area contributed by atoms with Gasteiger partial charge in [-0.2, -0.15) is 0 Å². The van der Waals surface area contributed by atoms with Crippen LogP contribution in [0.2, 0.25) is 0 Å². The average Bonchev–Trinajstić information content (AvgIpc) is 2.65. The Kier molecular flexibility index (Phi) is 7.15.